The first-order chi connectivity index (χ1) is 23.6. The fraction of sp³-hybridized carbons (Fsp3) is 0.613. The fourth-order valence-electron chi connectivity index (χ4n) is 4.83. The molecule has 2 heterocycles. The number of esters is 5. The Bertz CT molecular complexity index is 1410. The molecule has 0 radical (unpaired) electrons. The third-order valence-corrected chi connectivity index (χ3v) is 6.54. The van der Waals surface area contributed by atoms with E-state index in [2.05, 4.69) is 22.5 Å². The quantitative estimate of drug-likeness (QED) is 0.110. The van der Waals surface area contributed by atoms with Crippen LogP contribution in [0.25, 0.3) is 0 Å². The molecule has 0 saturated carbocycles. The molecule has 0 amide bonds. The van der Waals surface area contributed by atoms with Gasteiger partial charge in [-0.25, -0.2) is 4.79 Å². The Morgan fingerprint density at radius 2 is 1.26 bits per heavy atom. The number of nitrogens with zero attached hydrogens (tertiary/aromatic N) is 1. The van der Waals surface area contributed by atoms with Gasteiger partial charge in [0.1, 0.15) is 24.9 Å². The predicted octanol–water partition coefficient (Wildman–Crippen LogP) is 1.30. The second-order valence-electron chi connectivity index (χ2n) is 10.2. The van der Waals surface area contributed by atoms with E-state index in [0.717, 1.165) is 27.7 Å². The lowest BCUT2D eigenvalue weighted by Crippen LogP contribution is -2.65. The minimum absolute atomic E-state index is 0. The molecule has 2 aliphatic heterocycles. The van der Waals surface area contributed by atoms with Crippen LogP contribution in [0, 0.1) is 47.0 Å². The molecule has 2 fully saturated rings. The molecule has 0 aliphatic carbocycles. The van der Waals surface area contributed by atoms with E-state index in [1.54, 1.807) is 6.92 Å². The molecule has 276 valence electrons. The molecule has 19 heteroatoms. The van der Waals surface area contributed by atoms with Crippen molar-refractivity contribution in [3.05, 3.63) is 4.91 Å². The average molecular weight is 714 g/mol. The summed E-state index contributed by atoms with van der Waals surface area (Å²) < 4.78 is 55.1. The molecule has 2 rings (SSSR count). The van der Waals surface area contributed by atoms with Gasteiger partial charge >= 0.3 is 36.0 Å². The highest BCUT2D eigenvalue weighted by molar-refractivity contribution is 5.68. The van der Waals surface area contributed by atoms with Crippen molar-refractivity contribution in [1.82, 2.24) is 0 Å². The van der Waals surface area contributed by atoms with Gasteiger partial charge in [0.05, 0.1) is 6.10 Å². The minimum atomic E-state index is -1.73. The van der Waals surface area contributed by atoms with Crippen molar-refractivity contribution in [2.24, 2.45) is 11.3 Å². The van der Waals surface area contributed by atoms with E-state index in [-0.39, 0.29) is 1.43 Å². The van der Waals surface area contributed by atoms with Gasteiger partial charge in [-0.2, -0.15) is 0 Å². The molecule has 0 aromatic rings. The maximum absolute atomic E-state index is 12.6. The molecule has 2 saturated heterocycles. The fourth-order valence-corrected chi connectivity index (χ4v) is 4.83. The van der Waals surface area contributed by atoms with Crippen LogP contribution < -0.4 is 0 Å². The number of terminal acetylenes is 1. The summed E-state index contributed by atoms with van der Waals surface area (Å²) in [4.78, 5) is 81.2. The Labute approximate surface area is 288 Å². The second kappa shape index (κ2) is 21.5. The van der Waals surface area contributed by atoms with Crippen molar-refractivity contribution < 1.29 is 82.8 Å². The molecule has 2 aliphatic rings. The molecule has 0 unspecified atom stereocenters. The molecule has 0 aromatic carbocycles. The molecule has 19 nitrogen and oxygen atoms in total. The second-order valence-corrected chi connectivity index (χ2v) is 10.2. The zero-order chi connectivity index (χ0) is 38.0. The molecule has 1 N–H and O–H groups in total. The van der Waals surface area contributed by atoms with Crippen molar-refractivity contribution >= 4 is 36.0 Å². The molecule has 0 bridgehead atoms. The lowest BCUT2D eigenvalue weighted by atomic mass is 9.88. The predicted molar refractivity (Wildman–Crippen MR) is 162 cm³/mol. The molecule has 0 spiro atoms. The van der Waals surface area contributed by atoms with Gasteiger partial charge in [-0.1, -0.05) is 13.8 Å². The Kier molecular flexibility index (Phi) is 18.3. The van der Waals surface area contributed by atoms with Gasteiger partial charge in [-0.3, -0.25) is 24.0 Å². The monoisotopic (exact) mass is 713 g/mol. The van der Waals surface area contributed by atoms with Gasteiger partial charge in [0.2, 0.25) is 6.29 Å². The van der Waals surface area contributed by atoms with Gasteiger partial charge in [-0.15, -0.1) is 11.3 Å². The number of carbonyl (C=O) groups excluding carboxylic acids is 6. The van der Waals surface area contributed by atoms with Gasteiger partial charge in [0, 0.05) is 53.8 Å². The van der Waals surface area contributed by atoms with Crippen LogP contribution in [0.5, 0.6) is 0 Å². The van der Waals surface area contributed by atoms with E-state index in [1.807, 2.05) is 19.0 Å². The van der Waals surface area contributed by atoms with Crippen LogP contribution in [-0.2, 0) is 71.3 Å². The zero-order valence-electron chi connectivity index (χ0n) is 28.1. The Balaban J connectivity index is 0.00000602. The first kappa shape index (κ1) is 42.6. The van der Waals surface area contributed by atoms with E-state index in [4.69, 9.17) is 59.2 Å². The third-order valence-electron chi connectivity index (χ3n) is 6.54. The highest BCUT2D eigenvalue weighted by atomic mass is 16.8. The smallest absolute Gasteiger partial charge is 0.463 e. The summed E-state index contributed by atoms with van der Waals surface area (Å²) >= 11 is 0. The Morgan fingerprint density at radius 1 is 0.720 bits per heavy atom. The van der Waals surface area contributed by atoms with Crippen LogP contribution in [-0.4, -0.2) is 103 Å². The standard InChI is InChI=1S/C31H36O16.HNO2.H2/c1-9-11-12-13-14-38-31(37)47-25-23(15-39-17(4)32)45-30(28(42-20(7)35)26(25)41-19(6)34)46-27-24(40-18(5)33)16(3)22(10-2)44-29(27)43-21(8)36;2-1-3;/h1,16,22-30H,10,15H2,2-8H3;(H,2,3);1H/t16-,22+,23-,24+,25-,26+,27+,28+,29+,30-;;/m1../s1. The lowest BCUT2D eigenvalue weighted by Gasteiger charge is -2.48. The summed E-state index contributed by atoms with van der Waals surface area (Å²) in [6, 6.07) is 0. The van der Waals surface area contributed by atoms with Gasteiger partial charge < -0.3 is 52.6 Å². The van der Waals surface area contributed by atoms with Crippen molar-refractivity contribution in [2.45, 2.75) is 110 Å². The first-order valence-corrected chi connectivity index (χ1v) is 14.7. The number of hydrogen-bond donors (Lipinski definition) is 1. The van der Waals surface area contributed by atoms with E-state index < -0.39 is 104 Å². The molecule has 10 atom stereocenters. The van der Waals surface area contributed by atoms with Crippen LogP contribution in [0.3, 0.4) is 0 Å². The van der Waals surface area contributed by atoms with Gasteiger partial charge in [0.25, 0.3) is 0 Å². The van der Waals surface area contributed by atoms with E-state index in [1.165, 1.54) is 12.3 Å². The minimum Gasteiger partial charge on any atom is -0.463 e. The van der Waals surface area contributed by atoms with Crippen LogP contribution in [0.15, 0.2) is 5.34 Å². The third kappa shape index (κ3) is 14.0. The topological polar surface area (TPSA) is 244 Å². The van der Waals surface area contributed by atoms with Gasteiger partial charge in [-0.05, 0) is 18.3 Å². The van der Waals surface area contributed by atoms with Crippen LogP contribution in [0.2, 0.25) is 0 Å². The summed E-state index contributed by atoms with van der Waals surface area (Å²) in [5.41, 5.74) is 0. The maximum atomic E-state index is 12.6. The van der Waals surface area contributed by atoms with Crippen LogP contribution >= 0.6 is 0 Å². The first-order valence-electron chi connectivity index (χ1n) is 14.7. The largest absolute Gasteiger partial charge is 0.523 e. The average Bonchev–Trinajstić information content (AvgIpc) is 3.01. The van der Waals surface area contributed by atoms with E-state index in [0.29, 0.717) is 6.42 Å². The number of rotatable bonds is 10. The van der Waals surface area contributed by atoms with E-state index >= 15 is 0 Å². The molecular weight excluding hydrogens is 674 g/mol. The summed E-state index contributed by atoms with van der Waals surface area (Å²) in [5.74, 6) is 3.98. The molecule has 50 heavy (non-hydrogen) atoms. The van der Waals surface area contributed by atoms with E-state index in [9.17, 15) is 28.8 Å². The Hall–Kier alpha value is -5.42. The highest BCUT2D eigenvalue weighted by Crippen LogP contribution is 2.37. The van der Waals surface area contributed by atoms with Crippen molar-refractivity contribution in [2.75, 3.05) is 6.61 Å². The van der Waals surface area contributed by atoms with Crippen molar-refractivity contribution in [1.29, 1.82) is 0 Å². The SMILES string of the molecule is C#CC#CC#COC(=O)O[C@H]1[C@H](OC(C)=O)[C@H](OC(C)=O)[C@@H](O[C@@H]2[C@@H](OC(C)=O)O[C@@H](CC)[C@@H](C)[C@@H]2OC(C)=O)O[C@@H]1COC(C)=O.O=NO.[HH]. The molecular formula is C31H39NO18. The number of hydrogen-bond acceptors (Lipinski definition) is 18. The van der Waals surface area contributed by atoms with Crippen molar-refractivity contribution in [3.63, 3.8) is 0 Å². The van der Waals surface area contributed by atoms with Crippen LogP contribution in [0.4, 0.5) is 4.79 Å². The Morgan fingerprint density at radius 3 is 1.78 bits per heavy atom. The number of ether oxygens (including phenoxy) is 10. The maximum Gasteiger partial charge on any atom is 0.523 e. The summed E-state index contributed by atoms with van der Waals surface area (Å²) in [5, 5.41) is 7.89. The summed E-state index contributed by atoms with van der Waals surface area (Å²) in [6.07, 6.45) is -6.77. The summed E-state index contributed by atoms with van der Waals surface area (Å²) in [7, 11) is 0. The number of carbonyl (C=O) groups is 6. The lowest BCUT2D eigenvalue weighted by molar-refractivity contribution is -0.357. The zero-order valence-corrected chi connectivity index (χ0v) is 28.1. The normalized spacial score (nSPS) is 27.9. The van der Waals surface area contributed by atoms with Gasteiger partial charge in [0.15, 0.2) is 36.0 Å². The molecule has 0 aromatic heterocycles. The summed E-state index contributed by atoms with van der Waals surface area (Å²) in [6.45, 7) is 8.36. The van der Waals surface area contributed by atoms with Crippen molar-refractivity contribution in [3.8, 4) is 36.2 Å². The highest BCUT2D eigenvalue weighted by Gasteiger charge is 2.56. The van der Waals surface area contributed by atoms with Crippen LogP contribution in [0.1, 0.15) is 56.3 Å².